The van der Waals surface area contributed by atoms with Gasteiger partial charge in [-0.3, -0.25) is 4.79 Å². The highest BCUT2D eigenvalue weighted by molar-refractivity contribution is 5.76. The van der Waals surface area contributed by atoms with E-state index in [1.807, 2.05) is 79.5 Å². The highest BCUT2D eigenvalue weighted by Crippen LogP contribution is 2.21. The van der Waals surface area contributed by atoms with Gasteiger partial charge in [-0.05, 0) is 49.1 Å². The Morgan fingerprint density at radius 1 is 1.07 bits per heavy atom. The molecule has 5 nitrogen and oxygen atoms in total. The number of amides is 1. The molecule has 0 spiro atoms. The van der Waals surface area contributed by atoms with Crippen LogP contribution in [0.25, 0.3) is 5.69 Å². The Morgan fingerprint density at radius 2 is 1.81 bits per heavy atom. The number of rotatable bonds is 8. The minimum Gasteiger partial charge on any atom is -0.491 e. The number of hydrogen-bond acceptors (Lipinski definition) is 3. The van der Waals surface area contributed by atoms with Crippen molar-refractivity contribution >= 4 is 5.91 Å². The molecule has 0 fully saturated rings. The van der Waals surface area contributed by atoms with Crippen molar-refractivity contribution in [3.8, 4) is 11.4 Å². The molecule has 3 aromatic rings. The molecule has 5 heteroatoms. The highest BCUT2D eigenvalue weighted by Gasteiger charge is 2.06. The molecular formula is C22H25N3O2. The molecule has 1 heterocycles. The molecule has 0 unspecified atom stereocenters. The number of para-hydroxylation sites is 2. The summed E-state index contributed by atoms with van der Waals surface area (Å²) in [4.78, 5) is 12.0. The summed E-state index contributed by atoms with van der Waals surface area (Å²) in [6.07, 6.45) is 4.87. The standard InChI is InChI=1S/C22H25N3O2/c1-17-7-6-8-18(2)22(17)27-14-13-23-21(26)12-11-19-15-24-25(16-19)20-9-4-3-5-10-20/h3-10,15-16H,11-14H2,1-2H3,(H,23,26). The van der Waals surface area contributed by atoms with Crippen LogP contribution >= 0.6 is 0 Å². The second kappa shape index (κ2) is 9.03. The van der Waals surface area contributed by atoms with Gasteiger partial charge >= 0.3 is 0 Å². The van der Waals surface area contributed by atoms with Gasteiger partial charge in [0.2, 0.25) is 5.91 Å². The van der Waals surface area contributed by atoms with Crippen LogP contribution in [0.4, 0.5) is 0 Å². The van der Waals surface area contributed by atoms with E-state index in [0.29, 0.717) is 26.0 Å². The van der Waals surface area contributed by atoms with Gasteiger partial charge in [-0.25, -0.2) is 4.68 Å². The van der Waals surface area contributed by atoms with Gasteiger partial charge in [0.25, 0.3) is 0 Å². The van der Waals surface area contributed by atoms with Crippen molar-refractivity contribution in [3.05, 3.63) is 77.6 Å². The number of nitrogens with one attached hydrogen (secondary N) is 1. The Hall–Kier alpha value is -3.08. The fourth-order valence-electron chi connectivity index (χ4n) is 2.93. The lowest BCUT2D eigenvalue weighted by molar-refractivity contribution is -0.121. The van der Waals surface area contributed by atoms with Gasteiger partial charge < -0.3 is 10.1 Å². The van der Waals surface area contributed by atoms with E-state index in [1.54, 1.807) is 0 Å². The summed E-state index contributed by atoms with van der Waals surface area (Å²) in [5.41, 5.74) is 4.27. The normalized spacial score (nSPS) is 10.6. The fraction of sp³-hybridized carbons (Fsp3) is 0.273. The molecule has 0 atom stereocenters. The number of nitrogens with zero attached hydrogens (tertiary/aromatic N) is 2. The first-order valence-electron chi connectivity index (χ1n) is 9.18. The van der Waals surface area contributed by atoms with E-state index in [2.05, 4.69) is 10.4 Å². The highest BCUT2D eigenvalue weighted by atomic mass is 16.5. The maximum absolute atomic E-state index is 12.0. The van der Waals surface area contributed by atoms with Crippen molar-refractivity contribution in [1.29, 1.82) is 0 Å². The average molecular weight is 363 g/mol. The number of hydrogen-bond donors (Lipinski definition) is 1. The van der Waals surface area contributed by atoms with Crippen LogP contribution in [-0.4, -0.2) is 28.8 Å². The number of aryl methyl sites for hydroxylation is 3. The Kier molecular flexibility index (Phi) is 6.26. The molecule has 3 rings (SSSR count). The van der Waals surface area contributed by atoms with Crippen LogP contribution in [0.2, 0.25) is 0 Å². The zero-order valence-corrected chi connectivity index (χ0v) is 15.8. The van der Waals surface area contributed by atoms with Crippen molar-refractivity contribution < 1.29 is 9.53 Å². The van der Waals surface area contributed by atoms with E-state index in [9.17, 15) is 4.79 Å². The number of ether oxygens (including phenoxy) is 1. The maximum Gasteiger partial charge on any atom is 0.220 e. The van der Waals surface area contributed by atoms with Gasteiger partial charge in [0.1, 0.15) is 12.4 Å². The van der Waals surface area contributed by atoms with Gasteiger partial charge in [0, 0.05) is 12.6 Å². The average Bonchev–Trinajstić information content (AvgIpc) is 3.15. The molecule has 0 saturated heterocycles. The lowest BCUT2D eigenvalue weighted by Gasteiger charge is -2.12. The van der Waals surface area contributed by atoms with Crippen molar-refractivity contribution in [2.24, 2.45) is 0 Å². The second-order valence-corrected chi connectivity index (χ2v) is 6.55. The number of benzene rings is 2. The molecule has 140 valence electrons. The zero-order valence-electron chi connectivity index (χ0n) is 15.8. The minimum atomic E-state index is 0.0209. The van der Waals surface area contributed by atoms with E-state index in [0.717, 1.165) is 28.1 Å². The molecule has 1 amide bonds. The Morgan fingerprint density at radius 3 is 2.56 bits per heavy atom. The molecule has 2 aromatic carbocycles. The zero-order chi connectivity index (χ0) is 19.1. The van der Waals surface area contributed by atoms with E-state index in [4.69, 9.17) is 4.74 Å². The first kappa shape index (κ1) is 18.7. The summed E-state index contributed by atoms with van der Waals surface area (Å²) >= 11 is 0. The monoisotopic (exact) mass is 363 g/mol. The smallest absolute Gasteiger partial charge is 0.220 e. The fourth-order valence-corrected chi connectivity index (χ4v) is 2.93. The molecule has 0 aliphatic rings. The van der Waals surface area contributed by atoms with E-state index >= 15 is 0 Å². The Bertz CT molecular complexity index is 867. The lowest BCUT2D eigenvalue weighted by Crippen LogP contribution is -2.28. The quantitative estimate of drug-likeness (QED) is 0.622. The Balaban J connectivity index is 1.40. The lowest BCUT2D eigenvalue weighted by atomic mass is 10.1. The first-order valence-corrected chi connectivity index (χ1v) is 9.18. The summed E-state index contributed by atoms with van der Waals surface area (Å²) in [7, 11) is 0. The van der Waals surface area contributed by atoms with Crippen molar-refractivity contribution in [1.82, 2.24) is 15.1 Å². The molecule has 1 N–H and O–H groups in total. The van der Waals surface area contributed by atoms with Crippen LogP contribution in [-0.2, 0) is 11.2 Å². The van der Waals surface area contributed by atoms with E-state index < -0.39 is 0 Å². The third kappa shape index (κ3) is 5.20. The van der Waals surface area contributed by atoms with Gasteiger partial charge in [0.15, 0.2) is 0 Å². The molecule has 0 radical (unpaired) electrons. The summed E-state index contributed by atoms with van der Waals surface area (Å²) < 4.78 is 7.63. The molecule has 27 heavy (non-hydrogen) atoms. The summed E-state index contributed by atoms with van der Waals surface area (Å²) in [5.74, 6) is 0.924. The van der Waals surface area contributed by atoms with Crippen LogP contribution < -0.4 is 10.1 Å². The number of carbonyl (C=O) groups excluding carboxylic acids is 1. The SMILES string of the molecule is Cc1cccc(C)c1OCCNC(=O)CCc1cnn(-c2ccccc2)c1. The number of carbonyl (C=O) groups is 1. The topological polar surface area (TPSA) is 56.1 Å². The van der Waals surface area contributed by atoms with Crippen molar-refractivity contribution in [3.63, 3.8) is 0 Å². The minimum absolute atomic E-state index is 0.0209. The summed E-state index contributed by atoms with van der Waals surface area (Å²) in [6, 6.07) is 16.0. The third-order valence-corrected chi connectivity index (χ3v) is 4.38. The van der Waals surface area contributed by atoms with Crippen LogP contribution in [0.5, 0.6) is 5.75 Å². The van der Waals surface area contributed by atoms with Gasteiger partial charge in [-0.1, -0.05) is 36.4 Å². The third-order valence-electron chi connectivity index (χ3n) is 4.38. The largest absolute Gasteiger partial charge is 0.491 e. The summed E-state index contributed by atoms with van der Waals surface area (Å²) in [6.45, 7) is 5.01. The molecule has 0 aliphatic carbocycles. The van der Waals surface area contributed by atoms with Gasteiger partial charge in [0.05, 0.1) is 18.4 Å². The predicted molar refractivity (Wildman–Crippen MR) is 106 cm³/mol. The molecular weight excluding hydrogens is 338 g/mol. The molecule has 1 aromatic heterocycles. The van der Waals surface area contributed by atoms with E-state index in [-0.39, 0.29) is 5.91 Å². The number of aromatic nitrogens is 2. The molecule has 0 bridgehead atoms. The van der Waals surface area contributed by atoms with Gasteiger partial charge in [-0.15, -0.1) is 0 Å². The molecule has 0 saturated carbocycles. The van der Waals surface area contributed by atoms with Crippen molar-refractivity contribution in [2.45, 2.75) is 26.7 Å². The van der Waals surface area contributed by atoms with Crippen LogP contribution in [0, 0.1) is 13.8 Å². The molecule has 0 aliphatic heterocycles. The van der Waals surface area contributed by atoms with Crippen molar-refractivity contribution in [2.75, 3.05) is 13.2 Å². The maximum atomic E-state index is 12.0. The Labute approximate surface area is 160 Å². The van der Waals surface area contributed by atoms with Crippen LogP contribution in [0.1, 0.15) is 23.1 Å². The first-order chi connectivity index (χ1) is 13.1. The summed E-state index contributed by atoms with van der Waals surface area (Å²) in [5, 5.41) is 7.26. The van der Waals surface area contributed by atoms with Crippen LogP contribution in [0.15, 0.2) is 60.9 Å². The van der Waals surface area contributed by atoms with Gasteiger partial charge in [-0.2, -0.15) is 5.10 Å². The second-order valence-electron chi connectivity index (χ2n) is 6.55. The van der Waals surface area contributed by atoms with E-state index in [1.165, 1.54) is 0 Å². The predicted octanol–water partition coefficient (Wildman–Crippen LogP) is 3.62. The van der Waals surface area contributed by atoms with Crippen LogP contribution in [0.3, 0.4) is 0 Å².